The second kappa shape index (κ2) is 33.2. The van der Waals surface area contributed by atoms with Crippen molar-refractivity contribution in [2.24, 2.45) is 0 Å². The minimum Gasteiger partial charge on any atom is -0.439 e. The molecule has 3 atom stereocenters. The first-order valence-corrected chi connectivity index (χ1v) is 26.1. The highest BCUT2D eigenvalue weighted by Gasteiger charge is 2.42. The van der Waals surface area contributed by atoms with Crippen LogP contribution in [0.2, 0.25) is 5.02 Å². The number of thioether (sulfide) groups is 1. The molecule has 2 saturated heterocycles. The molecule has 2 fully saturated rings. The predicted molar refractivity (Wildman–Crippen MR) is 276 cm³/mol. The van der Waals surface area contributed by atoms with Crippen molar-refractivity contribution in [3.8, 4) is 11.6 Å². The van der Waals surface area contributed by atoms with E-state index in [9.17, 15) is 28.4 Å². The second-order valence-corrected chi connectivity index (χ2v) is 19.0. The first kappa shape index (κ1) is 57.3. The van der Waals surface area contributed by atoms with Gasteiger partial charge in [-0.05, 0) is 88.9 Å². The number of carbonyl (C=O) groups excluding carboxylic acids is 5. The normalized spacial score (nSPS) is 16.0. The predicted octanol–water partition coefficient (Wildman–Crippen LogP) is 6.09. The van der Waals surface area contributed by atoms with Crippen LogP contribution in [-0.4, -0.2) is 147 Å². The van der Waals surface area contributed by atoms with E-state index < -0.39 is 5.82 Å². The Balaban J connectivity index is 0.752. The Hall–Kier alpha value is -5.58. The lowest BCUT2D eigenvalue weighted by Crippen LogP contribution is -2.36. The molecule has 0 radical (unpaired) electrons. The topological polar surface area (TPSA) is 235 Å². The molecule has 3 unspecified atom stereocenters. The van der Waals surface area contributed by atoms with Crippen LogP contribution < -0.4 is 42.0 Å². The monoisotopic (exact) mass is 1040 g/mol. The van der Waals surface area contributed by atoms with Crippen LogP contribution in [0.25, 0.3) is 0 Å². The molecule has 0 bridgehead atoms. The number of hydrogen-bond acceptors (Lipinski definition) is 14. The summed E-state index contributed by atoms with van der Waals surface area (Å²) in [4.78, 5) is 71.1. The van der Waals surface area contributed by atoms with Crippen LogP contribution in [0.4, 0.5) is 26.4 Å². The zero-order valence-corrected chi connectivity index (χ0v) is 42.6. The van der Waals surface area contributed by atoms with Gasteiger partial charge in [0, 0.05) is 99.2 Å². The molecule has 19 nitrogen and oxygen atoms in total. The van der Waals surface area contributed by atoms with Crippen molar-refractivity contribution in [2.75, 3.05) is 95.8 Å². The molecular weight excluding hydrogens is 971 g/mol. The third-order valence-corrected chi connectivity index (χ3v) is 13.1. The number of aromatic nitrogens is 2. The Morgan fingerprint density at radius 2 is 1.46 bits per heavy atom. The third kappa shape index (κ3) is 23.3. The Labute approximate surface area is 430 Å². The average molecular weight is 1040 g/mol. The molecule has 394 valence electrons. The van der Waals surface area contributed by atoms with E-state index in [0.29, 0.717) is 113 Å². The third-order valence-electron chi connectivity index (χ3n) is 11.3. The van der Waals surface area contributed by atoms with Gasteiger partial charge in [0.1, 0.15) is 23.7 Å². The molecule has 0 aliphatic carbocycles. The molecule has 72 heavy (non-hydrogen) atoms. The van der Waals surface area contributed by atoms with E-state index in [1.165, 1.54) is 30.6 Å². The van der Waals surface area contributed by atoms with Gasteiger partial charge in [0.25, 0.3) is 0 Å². The summed E-state index contributed by atoms with van der Waals surface area (Å²) in [6, 6.07) is 13.1. The zero-order valence-electron chi connectivity index (χ0n) is 41.0. The molecule has 2 aromatic carbocycles. The van der Waals surface area contributed by atoms with Gasteiger partial charge >= 0.3 is 6.03 Å². The quantitative estimate of drug-likeness (QED) is 0.0199. The number of benzene rings is 2. The van der Waals surface area contributed by atoms with Crippen LogP contribution in [0.1, 0.15) is 70.6 Å². The van der Waals surface area contributed by atoms with E-state index in [1.54, 1.807) is 30.3 Å². The maximum atomic E-state index is 13.5. The minimum absolute atomic E-state index is 0.0596. The first-order chi connectivity index (χ1) is 35.0. The zero-order chi connectivity index (χ0) is 51.2. The van der Waals surface area contributed by atoms with Crippen LogP contribution in [0.3, 0.4) is 0 Å². The molecule has 0 saturated carbocycles. The van der Waals surface area contributed by atoms with E-state index in [-0.39, 0.29) is 65.5 Å². The van der Waals surface area contributed by atoms with Gasteiger partial charge in [-0.2, -0.15) is 11.8 Å². The van der Waals surface area contributed by atoms with Crippen LogP contribution in [-0.2, 0) is 33.4 Å². The summed E-state index contributed by atoms with van der Waals surface area (Å²) >= 11 is 7.74. The van der Waals surface area contributed by atoms with Gasteiger partial charge in [0.05, 0.1) is 43.5 Å². The summed E-state index contributed by atoms with van der Waals surface area (Å²) in [6.07, 6.45) is 12.0. The molecule has 2 aliphatic heterocycles. The van der Waals surface area contributed by atoms with Crippen LogP contribution in [0, 0.1) is 5.82 Å². The van der Waals surface area contributed by atoms with Crippen molar-refractivity contribution in [3.63, 3.8) is 0 Å². The molecule has 3 aromatic rings. The number of urea groups is 1. The highest BCUT2D eigenvalue weighted by atomic mass is 35.5. The van der Waals surface area contributed by atoms with Gasteiger partial charge in [-0.15, -0.1) is 0 Å². The highest BCUT2D eigenvalue weighted by molar-refractivity contribution is 8.00. The molecule has 22 heteroatoms. The number of carbonyl (C=O) groups is 5. The molecule has 7 N–H and O–H groups in total. The Kier molecular flexibility index (Phi) is 26.4. The van der Waals surface area contributed by atoms with E-state index >= 15 is 0 Å². The van der Waals surface area contributed by atoms with Gasteiger partial charge < -0.3 is 61.1 Å². The summed E-state index contributed by atoms with van der Waals surface area (Å²) < 4.78 is 35.9. The van der Waals surface area contributed by atoms with Gasteiger partial charge in [-0.1, -0.05) is 30.2 Å². The number of fused-ring (bicyclic) bond motifs is 1. The smallest absolute Gasteiger partial charge is 0.315 e. The number of rotatable bonds is 36. The highest BCUT2D eigenvalue weighted by Crippen LogP contribution is 2.33. The summed E-state index contributed by atoms with van der Waals surface area (Å²) in [5, 5.41) is 21.1. The summed E-state index contributed by atoms with van der Waals surface area (Å²) in [5.74, 6) is 1.01. The maximum absolute atomic E-state index is 13.5. The Morgan fingerprint density at radius 3 is 2.17 bits per heavy atom. The lowest BCUT2D eigenvalue weighted by atomic mass is 10.0. The van der Waals surface area contributed by atoms with E-state index in [1.807, 2.05) is 24.9 Å². The molecule has 5 rings (SSSR count). The second-order valence-electron chi connectivity index (χ2n) is 17.3. The fourth-order valence-corrected chi connectivity index (χ4v) is 9.31. The number of amides is 6. The van der Waals surface area contributed by atoms with Crippen molar-refractivity contribution in [2.45, 2.75) is 88.0 Å². The lowest BCUT2D eigenvalue weighted by molar-refractivity contribution is -0.123. The molecule has 0 spiro atoms. The Bertz CT molecular complexity index is 2200. The number of ether oxygens (including phenoxy) is 4. The lowest BCUT2D eigenvalue weighted by Gasteiger charge is -2.16. The van der Waals surface area contributed by atoms with Crippen molar-refractivity contribution >= 4 is 70.2 Å². The summed E-state index contributed by atoms with van der Waals surface area (Å²) in [5.41, 5.74) is 1.25. The fraction of sp³-hybridized carbons (Fsp3) is 0.540. The van der Waals surface area contributed by atoms with Gasteiger partial charge in [0.2, 0.25) is 29.5 Å². The number of nitrogens with one attached hydrogen (secondary N) is 7. The fourth-order valence-electron chi connectivity index (χ4n) is 7.59. The number of anilines is 3. The number of unbranched alkanes of at least 4 members (excludes halogenated alkanes) is 2. The molecule has 3 heterocycles. The average Bonchev–Trinajstić information content (AvgIpc) is 3.91. The molecule has 2 aliphatic rings. The van der Waals surface area contributed by atoms with Crippen molar-refractivity contribution in [3.05, 3.63) is 77.9 Å². The van der Waals surface area contributed by atoms with Gasteiger partial charge in [-0.25, -0.2) is 19.2 Å². The number of likely N-dealkylation sites (N-methyl/N-ethyl adjacent to an activating group) is 1. The summed E-state index contributed by atoms with van der Waals surface area (Å²) in [6.45, 7) is 5.85. The number of nitrogens with zero attached hydrogens (tertiary/aromatic N) is 3. The van der Waals surface area contributed by atoms with Gasteiger partial charge in [-0.3, -0.25) is 19.2 Å². The van der Waals surface area contributed by atoms with E-state index in [4.69, 9.17) is 30.5 Å². The van der Waals surface area contributed by atoms with E-state index in [0.717, 1.165) is 50.8 Å². The molecular formula is C50H70ClFN10O9S. The standard InChI is InChI=1S/C50H70ClFN10O9S/c1-62(24-8-17-47(66)59-37-12-6-11-36(31-37)58-43-33-48(57-35-56-43)71-38-18-19-40(52)39(51)32-38)23-5-4-20-53-45(64)15-7-16-46(65)55-22-10-26-69-28-30-70-29-27-68-25-9-21-54-44(63)14-3-2-13-42-49-41(34-72-42)60-50(67)61-49/h6,8,11-12,17-19,31-33,35,41-42,49H,2-5,7,9-10,13-16,20-30,34H2,1H3,(H,53,64)(H,54,63)(H,55,65)(H,59,66)(H,56,57,58)(H2,60,61,67). The van der Waals surface area contributed by atoms with Crippen LogP contribution >= 0.6 is 23.4 Å². The number of halogens is 2. The maximum Gasteiger partial charge on any atom is 0.315 e. The van der Waals surface area contributed by atoms with Crippen LogP contribution in [0.5, 0.6) is 11.6 Å². The molecule has 1 aromatic heterocycles. The van der Waals surface area contributed by atoms with Crippen LogP contribution in [0.15, 0.2) is 67.0 Å². The van der Waals surface area contributed by atoms with Crippen molar-refractivity contribution in [1.82, 2.24) is 41.5 Å². The van der Waals surface area contributed by atoms with E-state index in [2.05, 4.69) is 52.1 Å². The first-order valence-electron chi connectivity index (χ1n) is 24.7. The summed E-state index contributed by atoms with van der Waals surface area (Å²) in [7, 11) is 1.96. The van der Waals surface area contributed by atoms with Gasteiger partial charge in [0.15, 0.2) is 0 Å². The number of hydrogen-bond donors (Lipinski definition) is 7. The minimum atomic E-state index is -0.551. The molecule has 6 amide bonds. The SMILES string of the molecule is CN(CC=CC(=O)Nc1cccc(Nc2cc(Oc3ccc(F)c(Cl)c3)ncn2)c1)CCCCNC(=O)CCCC(=O)NCCCOCCOCCOCCCNC(=O)CCCCC1SCC2NC(=O)NC21. The van der Waals surface area contributed by atoms with Crippen molar-refractivity contribution < 1.29 is 47.3 Å². The largest absolute Gasteiger partial charge is 0.439 e. The Morgan fingerprint density at radius 1 is 0.792 bits per heavy atom. The van der Waals surface area contributed by atoms with Crippen molar-refractivity contribution in [1.29, 1.82) is 0 Å².